The van der Waals surface area contributed by atoms with E-state index in [1.54, 1.807) is 11.0 Å². The van der Waals surface area contributed by atoms with Crippen LogP contribution in [0.5, 0.6) is 0 Å². The Balaban J connectivity index is 1.79. The third kappa shape index (κ3) is 3.41. The summed E-state index contributed by atoms with van der Waals surface area (Å²) in [7, 11) is 1.48. The molecule has 1 aliphatic rings. The zero-order valence-electron chi connectivity index (χ0n) is 14.1. The summed E-state index contributed by atoms with van der Waals surface area (Å²) in [6.45, 7) is 0.746. The normalized spacial score (nSPS) is 20.4. The van der Waals surface area contributed by atoms with Crippen LogP contribution in [0.15, 0.2) is 36.4 Å². The van der Waals surface area contributed by atoms with Crippen LogP contribution in [0.3, 0.4) is 0 Å². The highest BCUT2D eigenvalue weighted by atomic mass is 16.5. The van der Waals surface area contributed by atoms with Crippen LogP contribution in [-0.2, 0) is 9.53 Å². The molecule has 7 heteroatoms. The number of hydrogen-bond acceptors (Lipinski definition) is 4. The fraction of sp³-hybridized carbons (Fsp3) is 0.389. The number of aliphatic carboxylic acids is 1. The molecule has 25 heavy (non-hydrogen) atoms. The van der Waals surface area contributed by atoms with Gasteiger partial charge in [-0.1, -0.05) is 30.3 Å². The summed E-state index contributed by atoms with van der Waals surface area (Å²) in [6, 6.07) is 11.3. The van der Waals surface area contributed by atoms with Gasteiger partial charge in [-0.2, -0.15) is 5.10 Å². The average molecular weight is 343 g/mol. The van der Waals surface area contributed by atoms with E-state index in [9.17, 15) is 14.7 Å². The fourth-order valence-electron chi connectivity index (χ4n) is 3.29. The molecule has 1 aromatic heterocycles. The van der Waals surface area contributed by atoms with E-state index in [4.69, 9.17) is 4.74 Å². The number of carbonyl (C=O) groups is 2. The van der Waals surface area contributed by atoms with Crippen LogP contribution in [0.4, 0.5) is 0 Å². The second-order valence-electron chi connectivity index (χ2n) is 6.38. The summed E-state index contributed by atoms with van der Waals surface area (Å²) in [4.78, 5) is 26.1. The van der Waals surface area contributed by atoms with Gasteiger partial charge in [-0.25, -0.2) is 0 Å². The SMILES string of the molecule is COCC1(C(=O)O)CCCN(C(=O)c2cc(-c3ccccc3)n[nH]2)C1. The smallest absolute Gasteiger partial charge is 0.313 e. The van der Waals surface area contributed by atoms with Crippen molar-refractivity contribution in [2.24, 2.45) is 5.41 Å². The molecule has 0 radical (unpaired) electrons. The van der Waals surface area contributed by atoms with E-state index in [1.807, 2.05) is 30.3 Å². The summed E-state index contributed by atoms with van der Waals surface area (Å²) in [5.41, 5.74) is 0.904. The third-order valence-electron chi connectivity index (χ3n) is 4.62. The van der Waals surface area contributed by atoms with Crippen molar-refractivity contribution in [2.45, 2.75) is 12.8 Å². The number of aromatic amines is 1. The fourth-order valence-corrected chi connectivity index (χ4v) is 3.29. The number of amides is 1. The van der Waals surface area contributed by atoms with Crippen LogP contribution in [0.25, 0.3) is 11.3 Å². The Morgan fingerprint density at radius 3 is 2.80 bits per heavy atom. The number of likely N-dealkylation sites (tertiary alicyclic amines) is 1. The molecule has 1 fully saturated rings. The van der Waals surface area contributed by atoms with Gasteiger partial charge >= 0.3 is 5.97 Å². The first-order valence-electron chi connectivity index (χ1n) is 8.18. The standard InChI is InChI=1S/C18H21N3O4/c1-25-12-18(17(23)24)8-5-9-21(11-18)16(22)15-10-14(19-20-15)13-6-3-2-4-7-13/h2-4,6-7,10H,5,8-9,11-12H2,1H3,(H,19,20)(H,23,24). The largest absolute Gasteiger partial charge is 0.481 e. The van der Waals surface area contributed by atoms with Crippen molar-refractivity contribution in [3.63, 3.8) is 0 Å². The van der Waals surface area contributed by atoms with Gasteiger partial charge in [0.25, 0.3) is 5.91 Å². The molecule has 1 aliphatic heterocycles. The Hall–Kier alpha value is -2.67. The van der Waals surface area contributed by atoms with Crippen LogP contribution < -0.4 is 0 Å². The van der Waals surface area contributed by atoms with Crippen molar-refractivity contribution >= 4 is 11.9 Å². The predicted octanol–water partition coefficient (Wildman–Crippen LogP) is 2.03. The Labute approximate surface area is 145 Å². The first kappa shape index (κ1) is 17.2. The van der Waals surface area contributed by atoms with Crippen LogP contribution in [-0.4, -0.2) is 58.9 Å². The Bertz CT molecular complexity index is 755. The average Bonchev–Trinajstić information content (AvgIpc) is 3.12. The van der Waals surface area contributed by atoms with E-state index in [2.05, 4.69) is 10.2 Å². The lowest BCUT2D eigenvalue weighted by Crippen LogP contribution is -2.52. The zero-order valence-corrected chi connectivity index (χ0v) is 14.1. The van der Waals surface area contributed by atoms with Gasteiger partial charge in [0.05, 0.1) is 12.3 Å². The minimum Gasteiger partial charge on any atom is -0.481 e. The van der Waals surface area contributed by atoms with Crippen LogP contribution in [0.2, 0.25) is 0 Å². The molecule has 7 nitrogen and oxygen atoms in total. The lowest BCUT2D eigenvalue weighted by molar-refractivity contribution is -0.155. The van der Waals surface area contributed by atoms with Gasteiger partial charge in [-0.05, 0) is 18.9 Å². The molecule has 0 aliphatic carbocycles. The quantitative estimate of drug-likeness (QED) is 0.866. The molecular formula is C18H21N3O4. The van der Waals surface area contributed by atoms with Gasteiger partial charge in [-0.3, -0.25) is 14.7 Å². The van der Waals surface area contributed by atoms with E-state index in [-0.39, 0.29) is 19.1 Å². The highest BCUT2D eigenvalue weighted by Gasteiger charge is 2.44. The number of piperidine rings is 1. The minimum absolute atomic E-state index is 0.0877. The summed E-state index contributed by atoms with van der Waals surface area (Å²) >= 11 is 0. The summed E-state index contributed by atoms with van der Waals surface area (Å²) in [6.07, 6.45) is 1.12. The van der Waals surface area contributed by atoms with Crippen molar-refractivity contribution in [3.05, 3.63) is 42.1 Å². The molecule has 1 atom stereocenters. The van der Waals surface area contributed by atoms with E-state index in [0.29, 0.717) is 30.8 Å². The second kappa shape index (κ2) is 7.06. The summed E-state index contributed by atoms with van der Waals surface area (Å²) in [5, 5.41) is 16.6. The van der Waals surface area contributed by atoms with Gasteiger partial charge in [-0.15, -0.1) is 0 Å². The maximum atomic E-state index is 12.8. The predicted molar refractivity (Wildman–Crippen MR) is 91.1 cm³/mol. The molecule has 0 bridgehead atoms. The van der Waals surface area contributed by atoms with Crippen molar-refractivity contribution in [1.82, 2.24) is 15.1 Å². The molecule has 2 aromatic rings. The first-order chi connectivity index (χ1) is 12.1. The molecular weight excluding hydrogens is 322 g/mol. The first-order valence-corrected chi connectivity index (χ1v) is 8.18. The number of rotatable bonds is 5. The van der Waals surface area contributed by atoms with Crippen molar-refractivity contribution < 1.29 is 19.4 Å². The van der Waals surface area contributed by atoms with Gasteiger partial charge in [0.15, 0.2) is 0 Å². The number of carbonyl (C=O) groups excluding carboxylic acids is 1. The number of H-pyrrole nitrogens is 1. The second-order valence-corrected chi connectivity index (χ2v) is 6.38. The number of ether oxygens (including phenoxy) is 1. The van der Waals surface area contributed by atoms with E-state index in [0.717, 1.165) is 5.56 Å². The van der Waals surface area contributed by atoms with Crippen molar-refractivity contribution in [2.75, 3.05) is 26.8 Å². The molecule has 3 rings (SSSR count). The molecule has 1 saturated heterocycles. The van der Waals surface area contributed by atoms with E-state index in [1.165, 1.54) is 7.11 Å². The highest BCUT2D eigenvalue weighted by molar-refractivity contribution is 5.94. The van der Waals surface area contributed by atoms with E-state index >= 15 is 0 Å². The topological polar surface area (TPSA) is 95.5 Å². The van der Waals surface area contributed by atoms with Gasteiger partial charge < -0.3 is 14.7 Å². The van der Waals surface area contributed by atoms with Crippen molar-refractivity contribution in [3.8, 4) is 11.3 Å². The maximum Gasteiger partial charge on any atom is 0.313 e. The summed E-state index contributed by atoms with van der Waals surface area (Å²) < 4.78 is 5.10. The number of hydrogen-bond donors (Lipinski definition) is 2. The summed E-state index contributed by atoms with van der Waals surface area (Å²) in [5.74, 6) is -1.17. The maximum absolute atomic E-state index is 12.8. The number of carboxylic acids is 1. The van der Waals surface area contributed by atoms with Crippen LogP contribution in [0, 0.1) is 5.41 Å². The highest BCUT2D eigenvalue weighted by Crippen LogP contribution is 2.31. The Morgan fingerprint density at radius 1 is 1.36 bits per heavy atom. The molecule has 0 spiro atoms. The number of methoxy groups -OCH3 is 1. The third-order valence-corrected chi connectivity index (χ3v) is 4.62. The Kier molecular flexibility index (Phi) is 4.85. The van der Waals surface area contributed by atoms with Crippen molar-refractivity contribution in [1.29, 1.82) is 0 Å². The molecule has 1 unspecified atom stereocenters. The molecule has 1 aromatic carbocycles. The number of aromatic nitrogens is 2. The molecule has 132 valence electrons. The molecule has 2 N–H and O–H groups in total. The number of nitrogens with one attached hydrogen (secondary N) is 1. The monoisotopic (exact) mass is 343 g/mol. The molecule has 0 saturated carbocycles. The van der Waals surface area contributed by atoms with Crippen LogP contribution in [0.1, 0.15) is 23.3 Å². The zero-order chi connectivity index (χ0) is 17.9. The van der Waals surface area contributed by atoms with Gasteiger partial charge in [0.2, 0.25) is 0 Å². The minimum atomic E-state index is -1.05. The number of nitrogens with zero attached hydrogens (tertiary/aromatic N) is 2. The van der Waals surface area contributed by atoms with Gasteiger partial charge in [0.1, 0.15) is 11.1 Å². The lowest BCUT2D eigenvalue weighted by Gasteiger charge is -2.39. The molecule has 1 amide bonds. The Morgan fingerprint density at radius 2 is 2.12 bits per heavy atom. The number of benzene rings is 1. The molecule has 2 heterocycles. The lowest BCUT2D eigenvalue weighted by atomic mass is 9.80. The van der Waals surface area contributed by atoms with Gasteiger partial charge in [0, 0.05) is 25.8 Å². The number of carboxylic acid groups (broad SMARTS) is 1. The van der Waals surface area contributed by atoms with Crippen LogP contribution >= 0.6 is 0 Å². The van der Waals surface area contributed by atoms with E-state index < -0.39 is 11.4 Å².